The van der Waals surface area contributed by atoms with Gasteiger partial charge in [0, 0.05) is 71.0 Å². The normalized spacial score (nSPS) is 26.2. The van der Waals surface area contributed by atoms with E-state index in [-0.39, 0.29) is 53.6 Å². The Kier molecular flexibility index (Phi) is 10.1. The third-order valence-corrected chi connectivity index (χ3v) is 16.6. The van der Waals surface area contributed by atoms with Crippen molar-refractivity contribution in [2.24, 2.45) is 11.3 Å². The summed E-state index contributed by atoms with van der Waals surface area (Å²) in [6, 6.07) is 22.9. The van der Waals surface area contributed by atoms with Gasteiger partial charge < -0.3 is 29.3 Å². The van der Waals surface area contributed by atoms with Crippen LogP contribution in [0.15, 0.2) is 72.8 Å². The number of amides is 3. The van der Waals surface area contributed by atoms with Gasteiger partial charge in [0.1, 0.15) is 29.1 Å². The van der Waals surface area contributed by atoms with Gasteiger partial charge in [-0.25, -0.2) is 4.39 Å². The molecule has 7 aliphatic rings. The van der Waals surface area contributed by atoms with Crippen LogP contribution >= 0.6 is 12.6 Å². The maximum Gasteiger partial charge on any atom is 0.255 e. The number of halogens is 1. The summed E-state index contributed by atoms with van der Waals surface area (Å²) in [7, 11) is 1.69. The van der Waals surface area contributed by atoms with E-state index >= 15 is 4.39 Å². The number of benzene rings is 4. The van der Waals surface area contributed by atoms with E-state index in [1.807, 2.05) is 30.3 Å². The van der Waals surface area contributed by atoms with Crippen molar-refractivity contribution < 1.29 is 33.4 Å². The second kappa shape index (κ2) is 15.6. The molecule has 3 saturated heterocycles. The summed E-state index contributed by atoms with van der Waals surface area (Å²) in [5.74, 6) is 1.22. The molecule has 5 heterocycles. The van der Waals surface area contributed by atoms with Crippen molar-refractivity contribution in [2.45, 2.75) is 92.9 Å². The van der Waals surface area contributed by atoms with Crippen LogP contribution in [-0.4, -0.2) is 90.4 Å². The van der Waals surface area contributed by atoms with Crippen molar-refractivity contribution in [3.05, 3.63) is 118 Å². The molecular formula is C51H55FN4O6S. The molecule has 10 nitrogen and oxygen atoms in total. The molecule has 12 heteroatoms. The maximum atomic E-state index is 16.5. The van der Waals surface area contributed by atoms with E-state index in [4.69, 9.17) is 9.47 Å². The standard InChI is InChI=1S/C51H55FN4O6S/c1-61-42-23-41(40(52)22-37(42)45-34(31-5-3-2-4-6-31)9-7-32-21-33(57)8-10-35(32)45)55-19-13-50(14-20-55)25-30(26-50)27-54-17-15-51(16-18-54)29-62-47-38-28-56(49(60)36(38)11-12-39(47)51)46-43(63)24-44(58)53-48(46)59/h2-6,8,10-12,21-23,30,34,43,45-46,57,63H,7,9,13-20,24-29H2,1H3,(H,53,58,59)/t34-,43?,45+,46+/m1/s1. The molecule has 328 valence electrons. The summed E-state index contributed by atoms with van der Waals surface area (Å²) >= 11 is 4.53. The lowest BCUT2D eigenvalue weighted by molar-refractivity contribution is -0.136. The molecule has 1 unspecified atom stereocenters. The number of nitrogens with zero attached hydrogens (tertiary/aromatic N) is 3. The van der Waals surface area contributed by atoms with E-state index in [0.717, 1.165) is 99.3 Å². The van der Waals surface area contributed by atoms with Gasteiger partial charge in [-0.15, -0.1) is 0 Å². The Hall–Kier alpha value is -5.07. The number of fused-ring (bicyclic) bond motifs is 5. The number of aromatic hydroxyl groups is 1. The predicted molar refractivity (Wildman–Crippen MR) is 241 cm³/mol. The van der Waals surface area contributed by atoms with Crippen molar-refractivity contribution in [3.63, 3.8) is 0 Å². The van der Waals surface area contributed by atoms with Gasteiger partial charge in [0.2, 0.25) is 5.91 Å². The Bertz CT molecular complexity index is 2490. The lowest BCUT2D eigenvalue weighted by atomic mass is 9.57. The number of methoxy groups -OCH3 is 1. The van der Waals surface area contributed by atoms with Gasteiger partial charge in [-0.2, -0.15) is 12.6 Å². The topological polar surface area (TPSA) is 112 Å². The molecule has 2 aliphatic carbocycles. The van der Waals surface area contributed by atoms with Crippen molar-refractivity contribution in [2.75, 3.05) is 51.3 Å². The molecule has 0 bridgehead atoms. The van der Waals surface area contributed by atoms with Gasteiger partial charge in [0.15, 0.2) is 0 Å². The Morgan fingerprint density at radius 3 is 2.46 bits per heavy atom. The van der Waals surface area contributed by atoms with Crippen LogP contribution in [0.4, 0.5) is 10.1 Å². The van der Waals surface area contributed by atoms with E-state index in [1.165, 1.54) is 24.0 Å². The zero-order chi connectivity index (χ0) is 43.2. The summed E-state index contributed by atoms with van der Waals surface area (Å²) in [5, 5.41) is 12.1. The number of ether oxygens (including phenoxy) is 2. The van der Waals surface area contributed by atoms with E-state index in [9.17, 15) is 19.5 Å². The third kappa shape index (κ3) is 6.89. The van der Waals surface area contributed by atoms with Crippen LogP contribution in [0, 0.1) is 17.2 Å². The summed E-state index contributed by atoms with van der Waals surface area (Å²) in [5.41, 5.74) is 7.76. The summed E-state index contributed by atoms with van der Waals surface area (Å²) < 4.78 is 29.0. The quantitative estimate of drug-likeness (QED) is 0.130. The monoisotopic (exact) mass is 870 g/mol. The van der Waals surface area contributed by atoms with Gasteiger partial charge in [0.05, 0.1) is 25.9 Å². The zero-order valence-electron chi connectivity index (χ0n) is 35.8. The molecular weight excluding hydrogens is 816 g/mol. The van der Waals surface area contributed by atoms with Gasteiger partial charge in [0.25, 0.3) is 11.8 Å². The molecule has 11 rings (SSSR count). The summed E-state index contributed by atoms with van der Waals surface area (Å²) in [6.45, 7) is 5.62. The molecule has 2 N–H and O–H groups in total. The molecule has 4 aromatic carbocycles. The first-order valence-corrected chi connectivity index (χ1v) is 23.4. The molecule has 4 aromatic rings. The smallest absolute Gasteiger partial charge is 0.255 e. The number of thiol groups is 1. The minimum Gasteiger partial charge on any atom is -0.508 e. The summed E-state index contributed by atoms with van der Waals surface area (Å²) in [4.78, 5) is 44.6. The van der Waals surface area contributed by atoms with E-state index in [0.29, 0.717) is 34.9 Å². The Morgan fingerprint density at radius 2 is 1.71 bits per heavy atom. The number of phenols is 1. The van der Waals surface area contributed by atoms with Gasteiger partial charge in [-0.3, -0.25) is 19.7 Å². The van der Waals surface area contributed by atoms with Crippen molar-refractivity contribution in [1.29, 1.82) is 0 Å². The number of aryl methyl sites for hydroxylation is 1. The first-order chi connectivity index (χ1) is 30.5. The first-order valence-electron chi connectivity index (χ1n) is 22.9. The highest BCUT2D eigenvalue weighted by Gasteiger charge is 2.51. The SMILES string of the molecule is COc1cc(N2CCC3(CC2)CC(CN2CCC4(CC2)COc2c4ccc4c2CN([C@@H]2C(=O)NC(=O)CC2S)C4=O)C3)c(F)cc1[C@@H]1c2ccc(O)cc2CC[C@@H]1c1ccccc1. The fraction of sp³-hybridized carbons (Fsp3) is 0.471. The highest BCUT2D eigenvalue weighted by molar-refractivity contribution is 7.81. The highest BCUT2D eigenvalue weighted by atomic mass is 32.1. The number of piperidine rings is 3. The van der Waals surface area contributed by atoms with E-state index < -0.39 is 17.2 Å². The minimum absolute atomic E-state index is 0.0865. The Labute approximate surface area is 373 Å². The molecule has 4 fully saturated rings. The van der Waals surface area contributed by atoms with Crippen LogP contribution in [0.3, 0.4) is 0 Å². The van der Waals surface area contributed by atoms with Crippen LogP contribution < -0.4 is 19.7 Å². The predicted octanol–water partition coefficient (Wildman–Crippen LogP) is 7.49. The number of hydrogen-bond donors (Lipinski definition) is 3. The van der Waals surface area contributed by atoms with Gasteiger partial charge in [-0.1, -0.05) is 42.5 Å². The number of carbonyl (C=O) groups excluding carboxylic acids is 3. The fourth-order valence-electron chi connectivity index (χ4n) is 12.9. The average molecular weight is 871 g/mol. The second-order valence-corrected chi connectivity index (χ2v) is 20.3. The lowest BCUT2D eigenvalue weighted by Crippen LogP contribution is -2.58. The molecule has 0 radical (unpaired) electrons. The lowest BCUT2D eigenvalue weighted by Gasteiger charge is -2.54. The van der Waals surface area contributed by atoms with Crippen LogP contribution in [0.2, 0.25) is 0 Å². The molecule has 0 aromatic heterocycles. The van der Waals surface area contributed by atoms with Gasteiger partial charge in [-0.05, 0) is 123 Å². The number of rotatable bonds is 7. The average Bonchev–Trinajstić information content (AvgIpc) is 3.80. The highest BCUT2D eigenvalue weighted by Crippen LogP contribution is 2.55. The van der Waals surface area contributed by atoms with Gasteiger partial charge >= 0.3 is 0 Å². The molecule has 63 heavy (non-hydrogen) atoms. The van der Waals surface area contributed by atoms with Crippen LogP contribution in [0.25, 0.3) is 0 Å². The van der Waals surface area contributed by atoms with Crippen molar-refractivity contribution in [3.8, 4) is 17.2 Å². The first kappa shape index (κ1) is 40.7. The summed E-state index contributed by atoms with van der Waals surface area (Å²) in [6.07, 6.45) is 8.37. The largest absolute Gasteiger partial charge is 0.508 e. The number of hydrogen-bond acceptors (Lipinski definition) is 9. The molecule has 5 aliphatic heterocycles. The number of phenolic OH excluding ortho intramolecular Hbond substituents is 1. The molecule has 4 atom stereocenters. The Morgan fingerprint density at radius 1 is 0.937 bits per heavy atom. The fourth-order valence-corrected chi connectivity index (χ4v) is 13.4. The molecule has 2 spiro atoms. The number of carbonyl (C=O) groups is 3. The van der Waals surface area contributed by atoms with E-state index in [2.05, 4.69) is 58.1 Å². The van der Waals surface area contributed by atoms with Crippen molar-refractivity contribution in [1.82, 2.24) is 15.1 Å². The van der Waals surface area contributed by atoms with Crippen LogP contribution in [-0.2, 0) is 28.0 Å². The number of imide groups is 1. The van der Waals surface area contributed by atoms with Crippen molar-refractivity contribution >= 4 is 36.0 Å². The zero-order valence-corrected chi connectivity index (χ0v) is 36.7. The number of anilines is 1. The number of likely N-dealkylation sites (tertiary alicyclic amines) is 1. The minimum atomic E-state index is -0.804. The van der Waals surface area contributed by atoms with Crippen LogP contribution in [0.1, 0.15) is 107 Å². The Balaban J connectivity index is 0.713. The van der Waals surface area contributed by atoms with Crippen LogP contribution in [0.5, 0.6) is 17.2 Å². The number of nitrogens with one attached hydrogen (secondary N) is 1. The maximum absolute atomic E-state index is 16.5. The van der Waals surface area contributed by atoms with E-state index in [1.54, 1.807) is 24.1 Å². The molecule has 1 saturated carbocycles. The molecule has 3 amide bonds. The third-order valence-electron chi connectivity index (χ3n) is 16.2. The second-order valence-electron chi connectivity index (χ2n) is 19.6.